The van der Waals surface area contributed by atoms with Gasteiger partial charge in [0.25, 0.3) is 5.56 Å². The van der Waals surface area contributed by atoms with Crippen molar-refractivity contribution in [1.29, 1.82) is 0 Å². The summed E-state index contributed by atoms with van der Waals surface area (Å²) in [6.07, 6.45) is 5.82. The van der Waals surface area contributed by atoms with Crippen molar-refractivity contribution in [2.45, 2.75) is 43.4 Å². The van der Waals surface area contributed by atoms with Crippen LogP contribution in [0.4, 0.5) is 0 Å². The summed E-state index contributed by atoms with van der Waals surface area (Å²) in [6.45, 7) is 2.20. The zero-order valence-electron chi connectivity index (χ0n) is 22.2. The third-order valence-corrected chi connectivity index (χ3v) is 8.55. The predicted molar refractivity (Wildman–Crippen MR) is 149 cm³/mol. The van der Waals surface area contributed by atoms with Crippen LogP contribution in [0.3, 0.4) is 0 Å². The summed E-state index contributed by atoms with van der Waals surface area (Å²) in [6, 6.07) is 16.1. The lowest BCUT2D eigenvalue weighted by atomic mass is 9.87. The third kappa shape index (κ3) is 4.42. The second kappa shape index (κ2) is 9.36. The second-order valence-corrected chi connectivity index (χ2v) is 11.6. The van der Waals surface area contributed by atoms with Gasteiger partial charge in [0.1, 0.15) is 11.7 Å². The Hall–Kier alpha value is -3.86. The van der Waals surface area contributed by atoms with Gasteiger partial charge in [-0.15, -0.1) is 0 Å². The fourth-order valence-corrected chi connectivity index (χ4v) is 5.75. The molecule has 3 fully saturated rings. The molecule has 4 heterocycles. The first kappa shape index (κ1) is 25.1. The van der Waals surface area contributed by atoms with Crippen LogP contribution in [0.5, 0.6) is 0 Å². The molecule has 3 N–H and O–H groups in total. The maximum Gasteiger partial charge on any atom is 0.264 e. The summed E-state index contributed by atoms with van der Waals surface area (Å²) in [7, 11) is 0. The number of likely N-dealkylation sites (tertiary alicyclic amines) is 1. The molecule has 0 bridgehead atoms. The molecule has 10 heteroatoms. The summed E-state index contributed by atoms with van der Waals surface area (Å²) < 4.78 is 8.43. The number of rotatable bonds is 6. The van der Waals surface area contributed by atoms with Gasteiger partial charge >= 0.3 is 0 Å². The normalized spacial score (nSPS) is 19.9. The molecule has 0 spiro atoms. The third-order valence-electron chi connectivity index (χ3n) is 8.55. The molecule has 2 aliphatic heterocycles. The van der Waals surface area contributed by atoms with Gasteiger partial charge in [-0.05, 0) is 60.6 Å². The number of aliphatic hydroxyl groups is 1. The quantitative estimate of drug-likeness (QED) is 0.384. The van der Waals surface area contributed by atoms with Gasteiger partial charge in [-0.2, -0.15) is 5.10 Å². The van der Waals surface area contributed by atoms with Crippen molar-refractivity contribution in [2.24, 2.45) is 11.7 Å². The molecule has 10 nitrogen and oxygen atoms in total. The Bertz CT molecular complexity index is 1640. The average Bonchev–Trinajstić information content (AvgIpc) is 3.72. The minimum atomic E-state index is -1.06. The molecule has 1 amide bonds. The molecule has 3 aliphatic rings. The topological polar surface area (TPSA) is 128 Å². The van der Waals surface area contributed by atoms with Gasteiger partial charge in [0.05, 0.1) is 42.8 Å². The number of piperidine rings is 1. The molecule has 40 heavy (non-hydrogen) atoms. The zero-order valence-corrected chi connectivity index (χ0v) is 22.2. The highest BCUT2D eigenvalue weighted by molar-refractivity contribution is 5.81. The summed E-state index contributed by atoms with van der Waals surface area (Å²) in [4.78, 5) is 32.1. The van der Waals surface area contributed by atoms with E-state index in [1.54, 1.807) is 4.68 Å². The van der Waals surface area contributed by atoms with Crippen LogP contribution in [0.2, 0.25) is 0 Å². The number of hydrogen-bond acceptors (Lipinski definition) is 7. The van der Waals surface area contributed by atoms with E-state index in [0.29, 0.717) is 50.2 Å². The van der Waals surface area contributed by atoms with Gasteiger partial charge in [-0.25, -0.2) is 9.67 Å². The Kier molecular flexibility index (Phi) is 5.88. The number of nitrogens with zero attached hydrogens (tertiary/aromatic N) is 5. The highest BCUT2D eigenvalue weighted by Gasteiger charge is 2.39. The molecule has 2 saturated heterocycles. The molecule has 0 unspecified atom stereocenters. The molecule has 2 aromatic carbocycles. The standard InChI is InChI=1S/C30H32N6O4/c31-30(17-40-18-30)23-3-1-2-22(14-23)20-6-8-24(9-7-20)36-26-25(15-33-36)28(38)35(19-32-26)16-29(39)10-12-34(13-11-29)27(37)21-4-5-21/h1-3,6-9,14-15,19,21,39H,4-5,10-13,16-18,31H2. The van der Waals surface area contributed by atoms with Crippen LogP contribution in [0.15, 0.2) is 65.8 Å². The van der Waals surface area contributed by atoms with E-state index in [2.05, 4.69) is 22.2 Å². The van der Waals surface area contributed by atoms with Gasteiger partial charge in [0.15, 0.2) is 5.65 Å². The minimum absolute atomic E-state index is 0.134. The van der Waals surface area contributed by atoms with Crippen molar-refractivity contribution in [1.82, 2.24) is 24.2 Å². The molecule has 7 rings (SSSR count). The first-order valence-electron chi connectivity index (χ1n) is 13.8. The van der Waals surface area contributed by atoms with Gasteiger partial charge in [-0.1, -0.05) is 30.3 Å². The maximum atomic E-state index is 13.3. The fraction of sp³-hybridized carbons (Fsp3) is 0.400. The second-order valence-electron chi connectivity index (χ2n) is 11.6. The fourth-order valence-electron chi connectivity index (χ4n) is 5.75. The van der Waals surface area contributed by atoms with Crippen molar-refractivity contribution in [3.63, 3.8) is 0 Å². The van der Waals surface area contributed by atoms with Crippen molar-refractivity contribution in [2.75, 3.05) is 26.3 Å². The molecular formula is C30H32N6O4. The number of benzene rings is 2. The van der Waals surface area contributed by atoms with Crippen LogP contribution < -0.4 is 11.3 Å². The SMILES string of the molecule is NC1(c2cccc(-c3ccc(-n4ncc5c(=O)n(CC6(O)CCN(C(=O)C7CC7)CC6)cnc54)cc3)c2)COC1. The zero-order chi connectivity index (χ0) is 27.5. The Morgan fingerprint density at radius 2 is 1.82 bits per heavy atom. The van der Waals surface area contributed by atoms with Crippen molar-refractivity contribution in [3.8, 4) is 16.8 Å². The molecule has 206 valence electrons. The lowest BCUT2D eigenvalue weighted by Gasteiger charge is -2.38. The van der Waals surface area contributed by atoms with E-state index in [0.717, 1.165) is 35.2 Å². The van der Waals surface area contributed by atoms with Gasteiger partial charge in [0, 0.05) is 19.0 Å². The number of nitrogens with two attached hydrogens (primary N) is 1. The van der Waals surface area contributed by atoms with E-state index < -0.39 is 11.1 Å². The molecule has 1 aliphatic carbocycles. The van der Waals surface area contributed by atoms with E-state index in [1.807, 2.05) is 41.3 Å². The van der Waals surface area contributed by atoms with Crippen LogP contribution in [-0.2, 0) is 21.6 Å². The Balaban J connectivity index is 1.09. The van der Waals surface area contributed by atoms with Crippen molar-refractivity contribution < 1.29 is 14.6 Å². The smallest absolute Gasteiger partial charge is 0.264 e. The number of ether oxygens (including phenoxy) is 1. The summed E-state index contributed by atoms with van der Waals surface area (Å²) >= 11 is 0. The first-order valence-corrected chi connectivity index (χ1v) is 13.8. The maximum absolute atomic E-state index is 13.3. The largest absolute Gasteiger partial charge is 0.388 e. The monoisotopic (exact) mass is 540 g/mol. The molecular weight excluding hydrogens is 508 g/mol. The lowest BCUT2D eigenvalue weighted by Crippen LogP contribution is -2.54. The number of aromatic nitrogens is 4. The Labute approximate surface area is 231 Å². The van der Waals surface area contributed by atoms with Gasteiger partial charge in [0.2, 0.25) is 5.91 Å². The molecule has 4 aromatic rings. The number of carbonyl (C=O) groups is 1. The van der Waals surface area contributed by atoms with Gasteiger partial charge in [-0.3, -0.25) is 14.2 Å². The summed E-state index contributed by atoms with van der Waals surface area (Å²) in [5, 5.41) is 16.0. The Morgan fingerprint density at radius 1 is 1.07 bits per heavy atom. The molecule has 1 saturated carbocycles. The van der Waals surface area contributed by atoms with Crippen molar-refractivity contribution in [3.05, 3.63) is 77.0 Å². The minimum Gasteiger partial charge on any atom is -0.388 e. The van der Waals surface area contributed by atoms with Crippen LogP contribution in [0.1, 0.15) is 31.2 Å². The van der Waals surface area contributed by atoms with E-state index in [4.69, 9.17) is 10.5 Å². The molecule has 0 radical (unpaired) electrons. The lowest BCUT2D eigenvalue weighted by molar-refractivity contribution is -0.137. The van der Waals surface area contributed by atoms with E-state index >= 15 is 0 Å². The number of fused-ring (bicyclic) bond motifs is 1. The highest BCUT2D eigenvalue weighted by Crippen LogP contribution is 2.34. The van der Waals surface area contributed by atoms with E-state index in [9.17, 15) is 14.7 Å². The van der Waals surface area contributed by atoms with Crippen LogP contribution in [0.25, 0.3) is 27.8 Å². The summed E-state index contributed by atoms with van der Waals surface area (Å²) in [5.41, 5.74) is 9.10. The number of amides is 1. The summed E-state index contributed by atoms with van der Waals surface area (Å²) in [5.74, 6) is 0.370. The van der Waals surface area contributed by atoms with E-state index in [1.165, 1.54) is 17.1 Å². The number of hydrogen-bond donors (Lipinski definition) is 2. The average molecular weight is 541 g/mol. The van der Waals surface area contributed by atoms with Crippen LogP contribution in [-0.4, -0.2) is 67.1 Å². The predicted octanol–water partition coefficient (Wildman–Crippen LogP) is 2.20. The van der Waals surface area contributed by atoms with E-state index in [-0.39, 0.29) is 23.9 Å². The molecule has 2 aromatic heterocycles. The molecule has 0 atom stereocenters. The van der Waals surface area contributed by atoms with Crippen LogP contribution >= 0.6 is 0 Å². The van der Waals surface area contributed by atoms with Gasteiger partial charge < -0.3 is 20.5 Å². The number of carbonyl (C=O) groups excluding carboxylic acids is 1. The van der Waals surface area contributed by atoms with Crippen LogP contribution in [0, 0.1) is 5.92 Å². The Morgan fingerprint density at radius 3 is 2.50 bits per heavy atom. The first-order chi connectivity index (χ1) is 19.3. The van der Waals surface area contributed by atoms with Crippen molar-refractivity contribution >= 4 is 16.9 Å². The highest BCUT2D eigenvalue weighted by atomic mass is 16.5.